The zero-order valence-corrected chi connectivity index (χ0v) is 8.80. The van der Waals surface area contributed by atoms with E-state index in [9.17, 15) is 14.7 Å². The summed E-state index contributed by atoms with van der Waals surface area (Å²) in [5.74, 6) is 0. The Morgan fingerprint density at radius 2 is 2.06 bits per heavy atom. The molecular weight excluding hydrogens is 208 g/mol. The van der Waals surface area contributed by atoms with Gasteiger partial charge < -0.3 is 10.1 Å². The Morgan fingerprint density at radius 3 is 2.75 bits per heavy atom. The Balaban J connectivity index is 2.82. The molecule has 0 amide bonds. The van der Waals surface area contributed by atoms with Gasteiger partial charge in [-0.3, -0.25) is 14.2 Å². The van der Waals surface area contributed by atoms with Gasteiger partial charge >= 0.3 is 11.1 Å². The molecule has 2 rings (SSSR count). The first-order valence-electron chi connectivity index (χ1n) is 4.99. The molecule has 0 aliphatic carbocycles. The third-order valence-electron chi connectivity index (χ3n) is 2.33. The van der Waals surface area contributed by atoms with E-state index < -0.39 is 17.2 Å². The molecule has 5 heteroatoms. The van der Waals surface area contributed by atoms with E-state index in [-0.39, 0.29) is 6.54 Å². The summed E-state index contributed by atoms with van der Waals surface area (Å²) in [6.07, 6.45) is -0.678. The minimum Gasteiger partial charge on any atom is -0.392 e. The van der Waals surface area contributed by atoms with E-state index in [2.05, 4.69) is 4.98 Å². The highest BCUT2D eigenvalue weighted by Gasteiger charge is 2.08. The molecule has 1 unspecified atom stereocenters. The third kappa shape index (κ3) is 1.77. The van der Waals surface area contributed by atoms with Crippen LogP contribution in [0.1, 0.15) is 6.92 Å². The highest BCUT2D eigenvalue weighted by molar-refractivity contribution is 5.74. The van der Waals surface area contributed by atoms with Gasteiger partial charge in [0, 0.05) is 0 Å². The lowest BCUT2D eigenvalue weighted by molar-refractivity contribution is 0.173. The van der Waals surface area contributed by atoms with E-state index >= 15 is 0 Å². The van der Waals surface area contributed by atoms with Crippen LogP contribution in [0, 0.1) is 0 Å². The fourth-order valence-corrected chi connectivity index (χ4v) is 1.67. The minimum absolute atomic E-state index is 0.114. The van der Waals surface area contributed by atoms with Crippen LogP contribution in [0.5, 0.6) is 0 Å². The van der Waals surface area contributed by atoms with Crippen molar-refractivity contribution in [3.63, 3.8) is 0 Å². The van der Waals surface area contributed by atoms with Crippen molar-refractivity contribution in [1.29, 1.82) is 0 Å². The fraction of sp³-hybridized carbons (Fsp3) is 0.273. The molecule has 5 nitrogen and oxygen atoms in total. The maximum absolute atomic E-state index is 11.6. The number of hydrogen-bond donors (Lipinski definition) is 2. The number of benzene rings is 1. The van der Waals surface area contributed by atoms with Crippen molar-refractivity contribution >= 4 is 11.0 Å². The molecule has 1 heterocycles. The normalized spacial score (nSPS) is 12.9. The molecule has 0 radical (unpaired) electrons. The number of aromatic nitrogens is 2. The maximum atomic E-state index is 11.6. The summed E-state index contributed by atoms with van der Waals surface area (Å²) in [6.45, 7) is 1.69. The van der Waals surface area contributed by atoms with E-state index in [1.807, 2.05) is 0 Å². The van der Waals surface area contributed by atoms with Crippen LogP contribution in [0.4, 0.5) is 0 Å². The SMILES string of the molecule is CC(O)Cn1c(=O)c(=O)[nH]c2ccccc21. The van der Waals surface area contributed by atoms with Gasteiger partial charge in [0.15, 0.2) is 0 Å². The van der Waals surface area contributed by atoms with Crippen LogP contribution in [-0.2, 0) is 6.54 Å². The molecule has 0 saturated carbocycles. The predicted octanol–water partition coefficient (Wildman–Crippen LogP) is 0.0706. The number of para-hydroxylation sites is 2. The molecule has 0 spiro atoms. The molecular formula is C11H12N2O3. The van der Waals surface area contributed by atoms with Gasteiger partial charge in [0.05, 0.1) is 23.7 Å². The second-order valence-electron chi connectivity index (χ2n) is 3.74. The first kappa shape index (κ1) is 10.6. The molecule has 2 aromatic rings. The lowest BCUT2D eigenvalue weighted by Gasteiger charge is -2.10. The third-order valence-corrected chi connectivity index (χ3v) is 2.33. The summed E-state index contributed by atoms with van der Waals surface area (Å²) in [6, 6.07) is 7.00. The maximum Gasteiger partial charge on any atom is 0.316 e. The van der Waals surface area contributed by atoms with Crippen LogP contribution in [0.3, 0.4) is 0 Å². The smallest absolute Gasteiger partial charge is 0.316 e. The number of hydrogen-bond acceptors (Lipinski definition) is 3. The minimum atomic E-state index is -0.678. The molecule has 16 heavy (non-hydrogen) atoms. The van der Waals surface area contributed by atoms with Gasteiger partial charge in [0.25, 0.3) is 0 Å². The van der Waals surface area contributed by atoms with E-state index in [0.717, 1.165) is 0 Å². The number of aromatic amines is 1. The second-order valence-corrected chi connectivity index (χ2v) is 3.74. The summed E-state index contributed by atoms with van der Waals surface area (Å²) in [5.41, 5.74) is -0.0975. The van der Waals surface area contributed by atoms with Gasteiger partial charge in [-0.05, 0) is 19.1 Å². The van der Waals surface area contributed by atoms with E-state index in [1.54, 1.807) is 31.2 Å². The fourth-order valence-electron chi connectivity index (χ4n) is 1.67. The van der Waals surface area contributed by atoms with Gasteiger partial charge in [0.1, 0.15) is 0 Å². The molecule has 0 fully saturated rings. The number of rotatable bonds is 2. The Hall–Kier alpha value is -1.88. The average molecular weight is 220 g/mol. The number of H-pyrrole nitrogens is 1. The van der Waals surface area contributed by atoms with Gasteiger partial charge in [-0.1, -0.05) is 12.1 Å². The van der Waals surface area contributed by atoms with Gasteiger partial charge in [0.2, 0.25) is 0 Å². The number of nitrogens with one attached hydrogen (secondary N) is 1. The topological polar surface area (TPSA) is 75.1 Å². The van der Waals surface area contributed by atoms with Crippen molar-refractivity contribution in [2.24, 2.45) is 0 Å². The van der Waals surface area contributed by atoms with Crippen LogP contribution < -0.4 is 11.1 Å². The van der Waals surface area contributed by atoms with Crippen LogP contribution in [0.25, 0.3) is 11.0 Å². The summed E-state index contributed by atoms with van der Waals surface area (Å²) in [4.78, 5) is 25.5. The molecule has 0 aliphatic rings. The van der Waals surface area contributed by atoms with Gasteiger partial charge in [-0.15, -0.1) is 0 Å². The highest BCUT2D eigenvalue weighted by Crippen LogP contribution is 2.07. The molecule has 0 bridgehead atoms. The molecule has 84 valence electrons. The number of nitrogens with zero attached hydrogens (tertiary/aromatic N) is 1. The Bertz CT molecular complexity index is 625. The van der Waals surface area contributed by atoms with E-state index in [4.69, 9.17) is 0 Å². The molecule has 0 saturated heterocycles. The number of fused-ring (bicyclic) bond motifs is 1. The monoisotopic (exact) mass is 220 g/mol. The van der Waals surface area contributed by atoms with E-state index in [1.165, 1.54) is 4.57 Å². The number of aliphatic hydroxyl groups is 1. The van der Waals surface area contributed by atoms with Crippen molar-refractivity contribution in [3.8, 4) is 0 Å². The summed E-state index contributed by atoms with van der Waals surface area (Å²) in [7, 11) is 0. The Kier molecular flexibility index (Phi) is 2.62. The van der Waals surface area contributed by atoms with Gasteiger partial charge in [-0.25, -0.2) is 0 Å². The molecule has 2 N–H and O–H groups in total. The van der Waals surface area contributed by atoms with Crippen molar-refractivity contribution < 1.29 is 5.11 Å². The highest BCUT2D eigenvalue weighted by atomic mass is 16.3. The van der Waals surface area contributed by atoms with Crippen LogP contribution in [-0.4, -0.2) is 20.8 Å². The standard InChI is InChI=1S/C11H12N2O3/c1-7(14)6-13-9-5-3-2-4-8(9)12-10(15)11(13)16/h2-5,7,14H,6H2,1H3,(H,12,15). The van der Waals surface area contributed by atoms with Crippen molar-refractivity contribution in [2.75, 3.05) is 0 Å². The molecule has 1 atom stereocenters. The molecule has 0 aliphatic heterocycles. The quantitative estimate of drug-likeness (QED) is 0.703. The van der Waals surface area contributed by atoms with Crippen molar-refractivity contribution in [2.45, 2.75) is 19.6 Å². The zero-order valence-electron chi connectivity index (χ0n) is 8.80. The van der Waals surface area contributed by atoms with E-state index in [0.29, 0.717) is 11.0 Å². The summed E-state index contributed by atoms with van der Waals surface area (Å²) >= 11 is 0. The predicted molar refractivity (Wildman–Crippen MR) is 60.5 cm³/mol. The lowest BCUT2D eigenvalue weighted by Crippen LogP contribution is -2.38. The van der Waals surface area contributed by atoms with Crippen molar-refractivity contribution in [1.82, 2.24) is 9.55 Å². The first-order chi connectivity index (χ1) is 7.59. The largest absolute Gasteiger partial charge is 0.392 e. The summed E-state index contributed by atoms with van der Waals surface area (Å²) < 4.78 is 1.29. The van der Waals surface area contributed by atoms with Crippen LogP contribution in [0.2, 0.25) is 0 Å². The average Bonchev–Trinajstić information content (AvgIpc) is 2.24. The molecule has 1 aromatic heterocycles. The van der Waals surface area contributed by atoms with Crippen LogP contribution >= 0.6 is 0 Å². The Labute approximate surface area is 91.0 Å². The van der Waals surface area contributed by atoms with Crippen molar-refractivity contribution in [3.05, 3.63) is 45.0 Å². The lowest BCUT2D eigenvalue weighted by atomic mass is 10.3. The summed E-state index contributed by atoms with van der Waals surface area (Å²) in [5, 5.41) is 9.31. The first-order valence-corrected chi connectivity index (χ1v) is 4.99. The molecule has 1 aromatic carbocycles. The van der Waals surface area contributed by atoms with Gasteiger partial charge in [-0.2, -0.15) is 0 Å². The number of aliphatic hydroxyl groups excluding tert-OH is 1. The second kappa shape index (κ2) is 3.94. The Morgan fingerprint density at radius 1 is 1.38 bits per heavy atom. The zero-order chi connectivity index (χ0) is 11.7. The van der Waals surface area contributed by atoms with Crippen LogP contribution in [0.15, 0.2) is 33.9 Å².